The number of nitrogens with one attached hydrogen (secondary N) is 1. The summed E-state index contributed by atoms with van der Waals surface area (Å²) in [5.41, 5.74) is 1.43. The molecule has 0 aromatic carbocycles. The van der Waals surface area contributed by atoms with E-state index in [1.54, 1.807) is 6.07 Å². The van der Waals surface area contributed by atoms with Crippen LogP contribution in [0.5, 0.6) is 0 Å². The second kappa shape index (κ2) is 6.38. The van der Waals surface area contributed by atoms with Gasteiger partial charge in [-0.25, -0.2) is 4.98 Å². The monoisotopic (exact) mass is 280 g/mol. The molecule has 1 amide bonds. The van der Waals surface area contributed by atoms with Crippen molar-refractivity contribution < 1.29 is 4.79 Å². The molecule has 0 saturated heterocycles. The van der Waals surface area contributed by atoms with E-state index in [0.29, 0.717) is 18.1 Å². The van der Waals surface area contributed by atoms with Crippen molar-refractivity contribution in [3.8, 4) is 0 Å². The summed E-state index contributed by atoms with van der Waals surface area (Å²) < 4.78 is 0. The number of hydrogen-bond acceptors (Lipinski definition) is 2. The molecule has 104 valence electrons. The van der Waals surface area contributed by atoms with Crippen molar-refractivity contribution >= 4 is 17.5 Å². The minimum absolute atomic E-state index is 0.0826. The lowest BCUT2D eigenvalue weighted by atomic mass is 9.75. The average molecular weight is 281 g/mol. The van der Waals surface area contributed by atoms with Gasteiger partial charge in [0.05, 0.1) is 0 Å². The minimum atomic E-state index is -0.0984. The number of alkyl halides is 1. The molecule has 0 unspecified atom stereocenters. The number of hydrogen-bond donors (Lipinski definition) is 1. The molecular formula is C15H21ClN2O. The first kappa shape index (κ1) is 14.3. The highest BCUT2D eigenvalue weighted by molar-refractivity contribution is 6.18. The average Bonchev–Trinajstić information content (AvgIpc) is 2.46. The Balaban J connectivity index is 1.95. The Bertz CT molecular complexity index is 442. The highest BCUT2D eigenvalue weighted by Crippen LogP contribution is 2.36. The molecule has 1 saturated carbocycles. The molecule has 1 aromatic heterocycles. The number of carbonyl (C=O) groups excluding carboxylic acids is 1. The van der Waals surface area contributed by atoms with E-state index in [1.807, 2.05) is 19.1 Å². The zero-order valence-corrected chi connectivity index (χ0v) is 12.2. The third kappa shape index (κ3) is 3.69. The van der Waals surface area contributed by atoms with Crippen LogP contribution in [0.1, 0.15) is 48.3 Å². The van der Waals surface area contributed by atoms with E-state index in [0.717, 1.165) is 18.5 Å². The normalized spacial score (nSPS) is 18.0. The van der Waals surface area contributed by atoms with Crippen LogP contribution < -0.4 is 5.32 Å². The Kier molecular flexibility index (Phi) is 4.81. The summed E-state index contributed by atoms with van der Waals surface area (Å²) in [5, 5.41) is 3.00. The molecule has 1 N–H and O–H groups in total. The van der Waals surface area contributed by atoms with E-state index in [-0.39, 0.29) is 11.3 Å². The first-order valence-electron chi connectivity index (χ1n) is 6.93. The summed E-state index contributed by atoms with van der Waals surface area (Å²) in [5.74, 6) is 0.521. The van der Waals surface area contributed by atoms with Gasteiger partial charge in [0.2, 0.25) is 0 Å². The summed E-state index contributed by atoms with van der Waals surface area (Å²) in [6.45, 7) is 2.54. The lowest BCUT2D eigenvalue weighted by molar-refractivity contribution is 0.0915. The van der Waals surface area contributed by atoms with Gasteiger partial charge in [0, 0.05) is 23.5 Å². The fourth-order valence-corrected chi connectivity index (χ4v) is 3.05. The fraction of sp³-hybridized carbons (Fsp3) is 0.600. The molecule has 0 spiro atoms. The largest absolute Gasteiger partial charge is 0.350 e. The van der Waals surface area contributed by atoms with Crippen LogP contribution in [0.4, 0.5) is 0 Å². The number of halogens is 1. The Hall–Kier alpha value is -1.09. The van der Waals surface area contributed by atoms with E-state index in [2.05, 4.69) is 10.3 Å². The van der Waals surface area contributed by atoms with Gasteiger partial charge in [0.1, 0.15) is 5.69 Å². The maximum absolute atomic E-state index is 12.1. The molecule has 1 aliphatic rings. The number of aromatic nitrogens is 1. The first-order valence-corrected chi connectivity index (χ1v) is 7.46. The smallest absolute Gasteiger partial charge is 0.269 e. The van der Waals surface area contributed by atoms with Crippen LogP contribution in [0, 0.1) is 12.3 Å². The highest BCUT2D eigenvalue weighted by Gasteiger charge is 2.31. The van der Waals surface area contributed by atoms with E-state index < -0.39 is 0 Å². The van der Waals surface area contributed by atoms with E-state index in [9.17, 15) is 4.79 Å². The van der Waals surface area contributed by atoms with Crippen LogP contribution in [-0.4, -0.2) is 23.3 Å². The molecule has 4 heteroatoms. The summed E-state index contributed by atoms with van der Waals surface area (Å²) in [4.78, 5) is 16.3. The van der Waals surface area contributed by atoms with Gasteiger partial charge in [-0.1, -0.05) is 25.3 Å². The van der Waals surface area contributed by atoms with E-state index in [1.165, 1.54) is 19.3 Å². The van der Waals surface area contributed by atoms with Gasteiger partial charge in [0.15, 0.2) is 0 Å². The lowest BCUT2D eigenvalue weighted by Gasteiger charge is -2.35. The summed E-state index contributed by atoms with van der Waals surface area (Å²) >= 11 is 6.12. The van der Waals surface area contributed by atoms with Crippen LogP contribution in [0.2, 0.25) is 0 Å². The topological polar surface area (TPSA) is 42.0 Å². The zero-order valence-electron chi connectivity index (χ0n) is 11.4. The Morgan fingerprint density at radius 2 is 2.11 bits per heavy atom. The second-order valence-electron chi connectivity index (χ2n) is 5.54. The minimum Gasteiger partial charge on any atom is -0.350 e. The zero-order chi connectivity index (χ0) is 13.7. The van der Waals surface area contributed by atoms with Gasteiger partial charge in [-0.05, 0) is 31.9 Å². The third-order valence-electron chi connectivity index (χ3n) is 3.94. The maximum atomic E-state index is 12.1. The summed E-state index contributed by atoms with van der Waals surface area (Å²) in [7, 11) is 0. The number of carbonyl (C=O) groups is 1. The van der Waals surface area contributed by atoms with E-state index >= 15 is 0 Å². The van der Waals surface area contributed by atoms with Crippen LogP contribution in [-0.2, 0) is 0 Å². The number of rotatable bonds is 4. The van der Waals surface area contributed by atoms with Gasteiger partial charge < -0.3 is 5.32 Å². The molecule has 1 aromatic rings. The first-order chi connectivity index (χ1) is 9.15. The Morgan fingerprint density at radius 3 is 2.74 bits per heavy atom. The fourth-order valence-electron chi connectivity index (χ4n) is 2.69. The van der Waals surface area contributed by atoms with Gasteiger partial charge in [0.25, 0.3) is 5.91 Å². The summed E-state index contributed by atoms with van der Waals surface area (Å²) in [6.07, 6.45) is 5.93. The number of amides is 1. The maximum Gasteiger partial charge on any atom is 0.269 e. The SMILES string of the molecule is Cc1cccc(C(=O)NCC2(CCl)CCCCC2)n1. The number of pyridine rings is 1. The van der Waals surface area contributed by atoms with Crippen molar-refractivity contribution in [2.24, 2.45) is 5.41 Å². The molecule has 3 nitrogen and oxygen atoms in total. The molecule has 1 aliphatic carbocycles. The molecule has 2 rings (SSSR count). The number of aryl methyl sites for hydroxylation is 1. The Morgan fingerprint density at radius 1 is 1.37 bits per heavy atom. The molecule has 0 aliphatic heterocycles. The predicted molar refractivity (Wildman–Crippen MR) is 77.5 cm³/mol. The highest BCUT2D eigenvalue weighted by atomic mass is 35.5. The van der Waals surface area contributed by atoms with Crippen molar-refractivity contribution in [1.29, 1.82) is 0 Å². The van der Waals surface area contributed by atoms with Gasteiger partial charge >= 0.3 is 0 Å². The molecule has 0 atom stereocenters. The van der Waals surface area contributed by atoms with Crippen LogP contribution in [0.15, 0.2) is 18.2 Å². The van der Waals surface area contributed by atoms with E-state index in [4.69, 9.17) is 11.6 Å². The van der Waals surface area contributed by atoms with Crippen molar-refractivity contribution in [1.82, 2.24) is 10.3 Å². The predicted octanol–water partition coefficient (Wildman–Crippen LogP) is 3.31. The van der Waals surface area contributed by atoms with Crippen molar-refractivity contribution in [2.45, 2.75) is 39.0 Å². The van der Waals surface area contributed by atoms with Crippen LogP contribution in [0.3, 0.4) is 0 Å². The third-order valence-corrected chi connectivity index (χ3v) is 4.51. The number of nitrogens with zero attached hydrogens (tertiary/aromatic N) is 1. The summed E-state index contributed by atoms with van der Waals surface area (Å²) in [6, 6.07) is 5.49. The second-order valence-corrected chi connectivity index (χ2v) is 5.81. The molecule has 0 bridgehead atoms. The Labute approximate surface area is 119 Å². The standard InChI is InChI=1S/C15H21ClN2O/c1-12-6-5-7-13(18-12)14(19)17-11-15(10-16)8-3-2-4-9-15/h5-7H,2-4,8-11H2,1H3,(H,17,19). The van der Waals surface area contributed by atoms with Crippen molar-refractivity contribution in [2.75, 3.05) is 12.4 Å². The van der Waals surface area contributed by atoms with Crippen LogP contribution >= 0.6 is 11.6 Å². The molecule has 1 fully saturated rings. The molecule has 1 heterocycles. The molecular weight excluding hydrogens is 260 g/mol. The molecule has 19 heavy (non-hydrogen) atoms. The quantitative estimate of drug-likeness (QED) is 0.860. The van der Waals surface area contributed by atoms with Gasteiger partial charge in [-0.3, -0.25) is 4.79 Å². The van der Waals surface area contributed by atoms with Gasteiger partial charge in [-0.15, -0.1) is 11.6 Å². The van der Waals surface area contributed by atoms with Crippen molar-refractivity contribution in [3.05, 3.63) is 29.6 Å². The lowest BCUT2D eigenvalue weighted by Crippen LogP contribution is -2.40. The van der Waals surface area contributed by atoms with Crippen molar-refractivity contribution in [3.63, 3.8) is 0 Å². The van der Waals surface area contributed by atoms with Crippen LogP contribution in [0.25, 0.3) is 0 Å². The van der Waals surface area contributed by atoms with Gasteiger partial charge in [-0.2, -0.15) is 0 Å². The molecule has 0 radical (unpaired) electrons.